The normalized spacial score (nSPS) is 11.3. The second-order valence-electron chi connectivity index (χ2n) is 13.2. The predicted molar refractivity (Wildman–Crippen MR) is 218 cm³/mol. The Balaban J connectivity index is 1.22. The fraction of sp³-hybridized carbons (Fsp3) is 0. The first-order valence-electron chi connectivity index (χ1n) is 17.8. The van der Waals surface area contributed by atoms with Gasteiger partial charge in [-0.2, -0.15) is 0 Å². The molecule has 0 aliphatic heterocycles. The lowest BCUT2D eigenvalue weighted by atomic mass is 9.93. The van der Waals surface area contributed by atoms with Crippen LogP contribution in [-0.2, 0) is 0 Å². The van der Waals surface area contributed by atoms with Crippen LogP contribution < -0.4 is 0 Å². The van der Waals surface area contributed by atoms with E-state index in [-0.39, 0.29) is 0 Å². The number of hydrogen-bond acceptors (Lipinski definition) is 6. The Morgan fingerprint density at radius 3 is 1.76 bits per heavy atom. The van der Waals surface area contributed by atoms with Gasteiger partial charge in [-0.15, -0.1) is 0 Å². The summed E-state index contributed by atoms with van der Waals surface area (Å²) in [5.74, 6) is 1.77. The highest BCUT2D eigenvalue weighted by molar-refractivity contribution is 6.10. The number of benzene rings is 6. The molecule has 0 radical (unpaired) electrons. The van der Waals surface area contributed by atoms with E-state index in [1.54, 1.807) is 0 Å². The lowest BCUT2D eigenvalue weighted by Gasteiger charge is -2.14. The zero-order valence-corrected chi connectivity index (χ0v) is 29.0. The van der Waals surface area contributed by atoms with Crippen LogP contribution in [0, 0.1) is 0 Å². The van der Waals surface area contributed by atoms with Gasteiger partial charge in [-0.3, -0.25) is 15.0 Å². The summed E-state index contributed by atoms with van der Waals surface area (Å²) in [5.41, 5.74) is 10.5. The monoisotopic (exact) mass is 690 g/mol. The summed E-state index contributed by atoms with van der Waals surface area (Å²) in [5, 5.41) is 4.23. The Morgan fingerprint density at radius 2 is 0.907 bits per heavy atom. The molecule has 0 spiro atoms. The first kappa shape index (κ1) is 31.3. The topological polar surface area (TPSA) is 77.3 Å². The molecule has 252 valence electrons. The Morgan fingerprint density at radius 1 is 0.296 bits per heavy atom. The number of aromatic nitrogens is 6. The molecule has 10 rings (SSSR count). The zero-order valence-electron chi connectivity index (χ0n) is 29.0. The highest BCUT2D eigenvalue weighted by atomic mass is 15.0. The molecular weight excluding hydrogens is 661 g/mol. The Kier molecular flexibility index (Phi) is 7.69. The van der Waals surface area contributed by atoms with Gasteiger partial charge in [0.25, 0.3) is 0 Å². The molecule has 54 heavy (non-hydrogen) atoms. The molecule has 0 atom stereocenters. The van der Waals surface area contributed by atoms with E-state index in [9.17, 15) is 0 Å². The molecule has 0 N–H and O–H groups in total. The molecule has 0 saturated heterocycles. The molecule has 6 nitrogen and oxygen atoms in total. The molecule has 10 aromatic rings. The van der Waals surface area contributed by atoms with Crippen molar-refractivity contribution >= 4 is 32.6 Å². The molecule has 6 heteroatoms. The fourth-order valence-electron chi connectivity index (χ4n) is 7.23. The lowest BCUT2D eigenvalue weighted by molar-refractivity contribution is 1.08. The van der Waals surface area contributed by atoms with Crippen LogP contribution >= 0.6 is 0 Å². The summed E-state index contributed by atoms with van der Waals surface area (Å²) < 4.78 is 0. The van der Waals surface area contributed by atoms with E-state index in [4.69, 9.17) is 29.9 Å². The van der Waals surface area contributed by atoms with Crippen molar-refractivity contribution in [2.75, 3.05) is 0 Å². The van der Waals surface area contributed by atoms with Gasteiger partial charge in [0.05, 0.1) is 16.7 Å². The highest BCUT2D eigenvalue weighted by Crippen LogP contribution is 2.38. The van der Waals surface area contributed by atoms with Gasteiger partial charge in [0.2, 0.25) is 0 Å². The quantitative estimate of drug-likeness (QED) is 0.162. The highest BCUT2D eigenvalue weighted by Gasteiger charge is 2.18. The van der Waals surface area contributed by atoms with Crippen molar-refractivity contribution in [2.45, 2.75) is 0 Å². The summed E-state index contributed by atoms with van der Waals surface area (Å²) in [6, 6.07) is 56.2. The maximum Gasteiger partial charge on any atom is 0.164 e. The molecule has 4 aromatic heterocycles. The average molecular weight is 691 g/mol. The lowest BCUT2D eigenvalue weighted by Crippen LogP contribution is -2.01. The molecule has 0 amide bonds. The molecule has 0 unspecified atom stereocenters. The minimum atomic E-state index is 0.569. The van der Waals surface area contributed by atoms with E-state index in [0.717, 1.165) is 82.8 Å². The number of nitrogens with zero attached hydrogens (tertiary/aromatic N) is 6. The smallest absolute Gasteiger partial charge is 0.164 e. The van der Waals surface area contributed by atoms with Gasteiger partial charge in [0.15, 0.2) is 17.5 Å². The summed E-state index contributed by atoms with van der Waals surface area (Å²) >= 11 is 0. The molecular formula is C48H30N6. The van der Waals surface area contributed by atoms with Crippen LogP contribution in [0.2, 0.25) is 0 Å². The SMILES string of the molecule is c1ccc(-c2ccc(-c3nc(-c4cc(-c5ccccn5)cc(-c5cc6cccnc6c6ncccc56)c4)nc(-c4cccc5ccccc45)n3)cc2)cc1. The summed E-state index contributed by atoms with van der Waals surface area (Å²) in [7, 11) is 0. The first-order valence-corrected chi connectivity index (χ1v) is 17.8. The third kappa shape index (κ3) is 5.72. The number of rotatable bonds is 6. The van der Waals surface area contributed by atoms with Gasteiger partial charge >= 0.3 is 0 Å². The molecule has 6 aromatic carbocycles. The van der Waals surface area contributed by atoms with Crippen LogP contribution in [0.3, 0.4) is 0 Å². The van der Waals surface area contributed by atoms with Crippen LogP contribution in [-0.4, -0.2) is 29.9 Å². The summed E-state index contributed by atoms with van der Waals surface area (Å²) in [6.07, 6.45) is 5.46. The number of hydrogen-bond donors (Lipinski definition) is 0. The van der Waals surface area contributed by atoms with Gasteiger partial charge in [-0.25, -0.2) is 15.0 Å². The third-order valence-electron chi connectivity index (χ3n) is 9.84. The maximum atomic E-state index is 5.23. The Bertz CT molecular complexity index is 2980. The molecule has 4 heterocycles. The molecule has 0 aliphatic carbocycles. The van der Waals surface area contributed by atoms with Gasteiger partial charge in [-0.05, 0) is 81.6 Å². The summed E-state index contributed by atoms with van der Waals surface area (Å²) in [6.45, 7) is 0. The van der Waals surface area contributed by atoms with Crippen LogP contribution in [0.5, 0.6) is 0 Å². The second kappa shape index (κ2) is 13.3. The van der Waals surface area contributed by atoms with Crippen LogP contribution in [0.15, 0.2) is 182 Å². The van der Waals surface area contributed by atoms with Crippen LogP contribution in [0.1, 0.15) is 0 Å². The van der Waals surface area contributed by atoms with Crippen molar-refractivity contribution in [1.29, 1.82) is 0 Å². The largest absolute Gasteiger partial charge is 0.256 e. The van der Waals surface area contributed by atoms with Crippen molar-refractivity contribution in [2.24, 2.45) is 0 Å². The van der Waals surface area contributed by atoms with E-state index in [1.807, 2.05) is 55.0 Å². The van der Waals surface area contributed by atoms with Gasteiger partial charge in [-0.1, -0.05) is 115 Å². The van der Waals surface area contributed by atoms with E-state index >= 15 is 0 Å². The van der Waals surface area contributed by atoms with Crippen LogP contribution in [0.25, 0.3) is 100 Å². The Labute approximate surface area is 311 Å². The van der Waals surface area contributed by atoms with E-state index in [0.29, 0.717) is 17.5 Å². The molecule has 0 aliphatic rings. The van der Waals surface area contributed by atoms with Gasteiger partial charge in [0.1, 0.15) is 0 Å². The molecule has 0 saturated carbocycles. The van der Waals surface area contributed by atoms with E-state index in [1.165, 1.54) is 0 Å². The van der Waals surface area contributed by atoms with Crippen molar-refractivity contribution in [3.63, 3.8) is 0 Å². The van der Waals surface area contributed by atoms with Crippen molar-refractivity contribution < 1.29 is 0 Å². The van der Waals surface area contributed by atoms with Gasteiger partial charge in [0, 0.05) is 51.6 Å². The standard InChI is InChI=1S/C48H30N6/c1-2-11-31(12-3-1)32-20-22-34(23-21-32)46-52-47(54-48(53-46)41-17-8-14-33-13-4-5-16-39(33)41)38-28-36(27-37(29-38)43-19-6-7-24-49-43)42-30-35-15-9-25-50-44(35)45-40(42)18-10-26-51-45/h1-30H. The van der Waals surface area contributed by atoms with Crippen molar-refractivity contribution in [3.8, 4) is 67.7 Å². The minimum absolute atomic E-state index is 0.569. The maximum absolute atomic E-state index is 5.23. The van der Waals surface area contributed by atoms with Crippen molar-refractivity contribution in [3.05, 3.63) is 182 Å². The van der Waals surface area contributed by atoms with Gasteiger partial charge < -0.3 is 0 Å². The fourth-order valence-corrected chi connectivity index (χ4v) is 7.23. The van der Waals surface area contributed by atoms with Crippen LogP contribution in [0.4, 0.5) is 0 Å². The predicted octanol–water partition coefficient (Wildman–Crippen LogP) is 11.5. The number of fused-ring (bicyclic) bond motifs is 4. The Hall–Kier alpha value is -7.44. The number of pyridine rings is 3. The average Bonchev–Trinajstić information content (AvgIpc) is 3.26. The zero-order chi connectivity index (χ0) is 35.8. The minimum Gasteiger partial charge on any atom is -0.256 e. The van der Waals surface area contributed by atoms with E-state index in [2.05, 4.69) is 127 Å². The molecule has 0 fully saturated rings. The third-order valence-corrected chi connectivity index (χ3v) is 9.84. The van der Waals surface area contributed by atoms with Crippen molar-refractivity contribution in [1.82, 2.24) is 29.9 Å². The van der Waals surface area contributed by atoms with E-state index < -0.39 is 0 Å². The second-order valence-corrected chi connectivity index (χ2v) is 13.2. The first-order chi connectivity index (χ1) is 26.7. The summed E-state index contributed by atoms with van der Waals surface area (Å²) in [4.78, 5) is 29.8. The molecule has 0 bridgehead atoms.